The van der Waals surface area contributed by atoms with Crippen molar-refractivity contribution in [3.8, 4) is 0 Å². The molecule has 4 heterocycles. The van der Waals surface area contributed by atoms with Crippen LogP contribution in [0.25, 0.3) is 0 Å². The van der Waals surface area contributed by atoms with E-state index >= 15 is 0 Å². The largest absolute Gasteiger partial charge is 0.379 e. The minimum atomic E-state index is 0.171. The molecule has 6 heteroatoms. The number of likely N-dealkylation sites (N-methyl/N-ethyl adjacent to an activating group) is 1. The van der Waals surface area contributed by atoms with Crippen LogP contribution >= 0.6 is 0 Å². The van der Waals surface area contributed by atoms with Crippen molar-refractivity contribution in [2.75, 3.05) is 73.1 Å². The molecular weight excluding hydrogens is 364 g/mol. The lowest BCUT2D eigenvalue weighted by atomic mass is 9.77. The van der Waals surface area contributed by atoms with Gasteiger partial charge in [-0.2, -0.15) is 0 Å². The molecule has 2 saturated heterocycles. The summed E-state index contributed by atoms with van der Waals surface area (Å²) >= 11 is 0. The second-order valence-corrected chi connectivity index (χ2v) is 10.4. The molecule has 2 fully saturated rings. The third-order valence-electron chi connectivity index (χ3n) is 6.83. The number of piperidine rings is 1. The average Bonchev–Trinajstić information content (AvgIpc) is 2.65. The fourth-order valence-electron chi connectivity index (χ4n) is 5.89. The molecule has 0 N–H and O–H groups in total. The van der Waals surface area contributed by atoms with Crippen molar-refractivity contribution in [3.63, 3.8) is 0 Å². The maximum absolute atomic E-state index is 12.7. The summed E-state index contributed by atoms with van der Waals surface area (Å²) in [7, 11) is 4.23. The van der Waals surface area contributed by atoms with Crippen LogP contribution in [-0.4, -0.2) is 92.4 Å². The highest BCUT2D eigenvalue weighted by atomic mass is 16.5. The van der Waals surface area contributed by atoms with E-state index in [4.69, 9.17) is 4.74 Å². The van der Waals surface area contributed by atoms with Crippen molar-refractivity contribution in [1.82, 2.24) is 19.3 Å². The minimum absolute atomic E-state index is 0.171. The standard InChI is InChI=1S/C23H38N4O2/c1-23(2,16-25-8-10-29-11-9-25)17-26-13-18-12-19(14-26)21(15-24(3)4)27-20(18)6-5-7-22(27)28/h5-7,18-19,21H,8-17H2,1-4H3/t18-,19+,21+/m1/s1. The lowest BCUT2D eigenvalue weighted by molar-refractivity contribution is 0.00545. The van der Waals surface area contributed by atoms with Crippen molar-refractivity contribution < 1.29 is 4.74 Å². The molecule has 3 aliphatic heterocycles. The van der Waals surface area contributed by atoms with Crippen LogP contribution in [0.4, 0.5) is 0 Å². The maximum Gasteiger partial charge on any atom is 0.251 e. The summed E-state index contributed by atoms with van der Waals surface area (Å²) in [5, 5.41) is 0. The van der Waals surface area contributed by atoms with E-state index in [9.17, 15) is 4.79 Å². The Labute approximate surface area is 175 Å². The van der Waals surface area contributed by atoms with E-state index in [-0.39, 0.29) is 17.0 Å². The Morgan fingerprint density at radius 2 is 1.83 bits per heavy atom. The molecule has 0 unspecified atom stereocenters. The number of ether oxygens (including phenoxy) is 1. The van der Waals surface area contributed by atoms with Gasteiger partial charge in [0.15, 0.2) is 0 Å². The van der Waals surface area contributed by atoms with Crippen molar-refractivity contribution >= 4 is 0 Å². The van der Waals surface area contributed by atoms with Crippen LogP contribution < -0.4 is 5.56 Å². The molecule has 3 atom stereocenters. The fourth-order valence-corrected chi connectivity index (χ4v) is 5.89. The lowest BCUT2D eigenvalue weighted by Gasteiger charge is -2.49. The monoisotopic (exact) mass is 402 g/mol. The van der Waals surface area contributed by atoms with Gasteiger partial charge < -0.3 is 19.1 Å². The normalized spacial score (nSPS) is 28.5. The zero-order valence-corrected chi connectivity index (χ0v) is 18.6. The third kappa shape index (κ3) is 4.76. The zero-order valence-electron chi connectivity index (χ0n) is 18.6. The predicted molar refractivity (Wildman–Crippen MR) is 117 cm³/mol. The van der Waals surface area contributed by atoms with Gasteiger partial charge in [-0.1, -0.05) is 19.9 Å². The Kier molecular flexibility index (Phi) is 6.17. The second kappa shape index (κ2) is 8.50. The van der Waals surface area contributed by atoms with Gasteiger partial charge in [-0.15, -0.1) is 0 Å². The summed E-state index contributed by atoms with van der Waals surface area (Å²) in [6.07, 6.45) is 1.21. The highest BCUT2D eigenvalue weighted by molar-refractivity contribution is 5.19. The van der Waals surface area contributed by atoms with Crippen LogP contribution in [0.5, 0.6) is 0 Å². The molecule has 1 aromatic rings. The average molecular weight is 403 g/mol. The molecule has 6 nitrogen and oxygen atoms in total. The number of aromatic nitrogens is 1. The van der Waals surface area contributed by atoms with Crippen molar-refractivity contribution in [2.24, 2.45) is 11.3 Å². The first-order valence-corrected chi connectivity index (χ1v) is 11.2. The van der Waals surface area contributed by atoms with E-state index in [0.29, 0.717) is 11.8 Å². The van der Waals surface area contributed by atoms with Gasteiger partial charge in [0.25, 0.3) is 5.56 Å². The predicted octanol–water partition coefficient (Wildman–Crippen LogP) is 1.73. The van der Waals surface area contributed by atoms with Crippen molar-refractivity contribution in [2.45, 2.75) is 32.2 Å². The summed E-state index contributed by atoms with van der Waals surface area (Å²) in [5.74, 6) is 1.02. The summed E-state index contributed by atoms with van der Waals surface area (Å²) < 4.78 is 7.64. The van der Waals surface area contributed by atoms with Crippen LogP contribution in [-0.2, 0) is 4.74 Å². The Morgan fingerprint density at radius 3 is 2.55 bits per heavy atom. The van der Waals surface area contributed by atoms with Crippen LogP contribution in [0.15, 0.2) is 23.0 Å². The second-order valence-electron chi connectivity index (χ2n) is 10.4. The lowest BCUT2D eigenvalue weighted by Crippen LogP contribution is -2.54. The number of likely N-dealkylation sites (tertiary alicyclic amines) is 1. The van der Waals surface area contributed by atoms with E-state index in [0.717, 1.165) is 59.0 Å². The van der Waals surface area contributed by atoms with Gasteiger partial charge in [-0.3, -0.25) is 9.69 Å². The van der Waals surface area contributed by atoms with Crippen LogP contribution in [0, 0.1) is 11.3 Å². The summed E-state index contributed by atoms with van der Waals surface area (Å²) in [6, 6.07) is 6.14. The first-order valence-electron chi connectivity index (χ1n) is 11.2. The third-order valence-corrected chi connectivity index (χ3v) is 6.83. The number of fused-ring (bicyclic) bond motifs is 4. The van der Waals surface area contributed by atoms with Crippen LogP contribution in [0.2, 0.25) is 0 Å². The maximum atomic E-state index is 12.7. The number of pyridine rings is 1. The first kappa shape index (κ1) is 21.0. The molecule has 3 aliphatic rings. The Hall–Kier alpha value is -1.21. The van der Waals surface area contributed by atoms with Gasteiger partial charge in [-0.05, 0) is 37.9 Å². The van der Waals surface area contributed by atoms with E-state index in [1.807, 2.05) is 6.07 Å². The number of hydrogen-bond donors (Lipinski definition) is 0. The van der Waals surface area contributed by atoms with E-state index < -0.39 is 0 Å². The summed E-state index contributed by atoms with van der Waals surface area (Å²) in [6.45, 7) is 14.0. The van der Waals surface area contributed by atoms with Crippen LogP contribution in [0.1, 0.15) is 37.9 Å². The smallest absolute Gasteiger partial charge is 0.251 e. The van der Waals surface area contributed by atoms with Crippen molar-refractivity contribution in [1.29, 1.82) is 0 Å². The number of morpholine rings is 1. The molecule has 4 rings (SSSR count). The van der Waals surface area contributed by atoms with Gasteiger partial charge in [0.05, 0.1) is 19.3 Å². The topological polar surface area (TPSA) is 41.0 Å². The molecule has 0 radical (unpaired) electrons. The minimum Gasteiger partial charge on any atom is -0.379 e. The molecule has 0 amide bonds. The van der Waals surface area contributed by atoms with Gasteiger partial charge in [0.1, 0.15) is 0 Å². The molecular formula is C23H38N4O2. The Morgan fingerprint density at radius 1 is 1.10 bits per heavy atom. The molecule has 29 heavy (non-hydrogen) atoms. The molecule has 2 bridgehead atoms. The Balaban J connectivity index is 1.51. The van der Waals surface area contributed by atoms with Gasteiger partial charge >= 0.3 is 0 Å². The first-order chi connectivity index (χ1) is 13.8. The molecule has 0 aliphatic carbocycles. The molecule has 0 spiro atoms. The van der Waals surface area contributed by atoms with E-state index in [1.165, 1.54) is 12.1 Å². The molecule has 0 saturated carbocycles. The van der Waals surface area contributed by atoms with Gasteiger partial charge in [0, 0.05) is 63.5 Å². The summed E-state index contributed by atoms with van der Waals surface area (Å²) in [4.78, 5) is 20.2. The molecule has 162 valence electrons. The van der Waals surface area contributed by atoms with E-state index in [1.54, 1.807) is 6.07 Å². The SMILES string of the molecule is CN(C)C[C@H]1[C@H]2C[C@H](CN(CC(C)(C)CN3CCOCC3)C2)c2cccc(=O)n21. The number of hydrogen-bond acceptors (Lipinski definition) is 5. The Bertz CT molecular complexity index is 753. The number of rotatable bonds is 6. The number of nitrogens with zero attached hydrogens (tertiary/aromatic N) is 4. The highest BCUT2D eigenvalue weighted by Crippen LogP contribution is 2.41. The summed E-state index contributed by atoms with van der Waals surface area (Å²) in [5.41, 5.74) is 1.66. The van der Waals surface area contributed by atoms with Crippen molar-refractivity contribution in [3.05, 3.63) is 34.2 Å². The fraction of sp³-hybridized carbons (Fsp3) is 0.783. The highest BCUT2D eigenvalue weighted by Gasteiger charge is 2.41. The van der Waals surface area contributed by atoms with Gasteiger partial charge in [-0.25, -0.2) is 0 Å². The van der Waals surface area contributed by atoms with Crippen LogP contribution in [0.3, 0.4) is 0 Å². The van der Waals surface area contributed by atoms with E-state index in [2.05, 4.69) is 53.3 Å². The zero-order chi connectivity index (χ0) is 20.6. The molecule has 1 aromatic heterocycles. The van der Waals surface area contributed by atoms with Gasteiger partial charge in [0.2, 0.25) is 0 Å². The quantitative estimate of drug-likeness (QED) is 0.725. The molecule has 0 aromatic carbocycles.